The summed E-state index contributed by atoms with van der Waals surface area (Å²) in [7, 11) is 1.86. The van der Waals surface area contributed by atoms with Crippen molar-refractivity contribution < 1.29 is 8.78 Å². The van der Waals surface area contributed by atoms with Crippen LogP contribution in [0, 0.1) is 11.6 Å². The van der Waals surface area contributed by atoms with Crippen molar-refractivity contribution in [3.05, 3.63) is 65.2 Å². The fourth-order valence-electron chi connectivity index (χ4n) is 1.84. The second-order valence-electron chi connectivity index (χ2n) is 4.29. The summed E-state index contributed by atoms with van der Waals surface area (Å²) in [6, 6.07) is 11.6. The molecule has 0 heterocycles. The van der Waals surface area contributed by atoms with Crippen molar-refractivity contribution in [2.45, 2.75) is 13.1 Å². The van der Waals surface area contributed by atoms with Crippen LogP contribution in [-0.2, 0) is 13.1 Å². The van der Waals surface area contributed by atoms with Crippen LogP contribution in [0.3, 0.4) is 0 Å². The maximum absolute atomic E-state index is 13.4. The van der Waals surface area contributed by atoms with E-state index < -0.39 is 11.6 Å². The zero-order valence-corrected chi connectivity index (χ0v) is 10.7. The van der Waals surface area contributed by atoms with Crippen LogP contribution in [0.2, 0.25) is 0 Å². The molecule has 0 amide bonds. The number of rotatable bonds is 5. The second-order valence-corrected chi connectivity index (χ2v) is 4.29. The Bertz CT molecular complexity index is 556. The molecule has 0 radical (unpaired) electrons. The van der Waals surface area contributed by atoms with E-state index in [0.29, 0.717) is 18.7 Å². The van der Waals surface area contributed by atoms with Crippen molar-refractivity contribution in [2.75, 3.05) is 12.4 Å². The van der Waals surface area contributed by atoms with E-state index >= 15 is 0 Å². The summed E-state index contributed by atoms with van der Waals surface area (Å²) >= 11 is 0. The highest BCUT2D eigenvalue weighted by atomic mass is 19.1. The molecule has 100 valence electrons. The van der Waals surface area contributed by atoms with Crippen molar-refractivity contribution in [3.63, 3.8) is 0 Å². The molecule has 2 N–H and O–H groups in total. The van der Waals surface area contributed by atoms with Crippen molar-refractivity contribution in [2.24, 2.45) is 0 Å². The van der Waals surface area contributed by atoms with Gasteiger partial charge in [-0.3, -0.25) is 0 Å². The number of halogens is 2. The lowest BCUT2D eigenvalue weighted by atomic mass is 10.1. The van der Waals surface area contributed by atoms with Gasteiger partial charge in [0.05, 0.1) is 0 Å². The van der Waals surface area contributed by atoms with Gasteiger partial charge in [0.2, 0.25) is 0 Å². The van der Waals surface area contributed by atoms with Gasteiger partial charge in [0, 0.05) is 37.5 Å². The number of benzene rings is 2. The molecular formula is C15H16F2N2. The lowest BCUT2D eigenvalue weighted by Gasteiger charge is -2.08. The standard InChI is InChI=1S/C15H16F2N2/c1-18-14-4-2-3-11(7-14)9-19-10-12-5-6-13(16)8-15(12)17/h2-8,18-19H,9-10H2,1H3. The predicted molar refractivity (Wildman–Crippen MR) is 72.9 cm³/mol. The van der Waals surface area contributed by atoms with Gasteiger partial charge in [-0.2, -0.15) is 0 Å². The molecule has 0 aliphatic heterocycles. The van der Waals surface area contributed by atoms with Crippen LogP contribution in [0.25, 0.3) is 0 Å². The summed E-state index contributed by atoms with van der Waals surface area (Å²) in [6.07, 6.45) is 0. The fraction of sp³-hybridized carbons (Fsp3) is 0.200. The summed E-state index contributed by atoms with van der Waals surface area (Å²) in [6.45, 7) is 1.00. The predicted octanol–water partition coefficient (Wildman–Crippen LogP) is 3.30. The molecular weight excluding hydrogens is 246 g/mol. The van der Waals surface area contributed by atoms with Crippen molar-refractivity contribution in [1.29, 1.82) is 0 Å². The van der Waals surface area contributed by atoms with E-state index in [0.717, 1.165) is 17.3 Å². The first-order valence-electron chi connectivity index (χ1n) is 6.10. The minimum Gasteiger partial charge on any atom is -0.388 e. The van der Waals surface area contributed by atoms with Crippen LogP contribution >= 0.6 is 0 Å². The van der Waals surface area contributed by atoms with Crippen LogP contribution in [0.1, 0.15) is 11.1 Å². The maximum Gasteiger partial charge on any atom is 0.130 e. The van der Waals surface area contributed by atoms with E-state index in [1.165, 1.54) is 12.1 Å². The molecule has 0 aromatic heterocycles. The van der Waals surface area contributed by atoms with E-state index in [9.17, 15) is 8.78 Å². The lowest BCUT2D eigenvalue weighted by molar-refractivity contribution is 0.560. The topological polar surface area (TPSA) is 24.1 Å². The highest BCUT2D eigenvalue weighted by Gasteiger charge is 2.03. The van der Waals surface area contributed by atoms with Gasteiger partial charge in [-0.1, -0.05) is 18.2 Å². The highest BCUT2D eigenvalue weighted by molar-refractivity contribution is 5.44. The molecule has 2 aromatic carbocycles. The third-order valence-corrected chi connectivity index (χ3v) is 2.88. The Labute approximate surface area is 111 Å². The fourth-order valence-corrected chi connectivity index (χ4v) is 1.84. The van der Waals surface area contributed by atoms with Crippen LogP contribution < -0.4 is 10.6 Å². The molecule has 0 saturated carbocycles. The van der Waals surface area contributed by atoms with Crippen LogP contribution in [0.4, 0.5) is 14.5 Å². The van der Waals surface area contributed by atoms with Gasteiger partial charge in [-0.15, -0.1) is 0 Å². The van der Waals surface area contributed by atoms with Gasteiger partial charge >= 0.3 is 0 Å². The molecule has 0 atom stereocenters. The van der Waals surface area contributed by atoms with Crippen molar-refractivity contribution >= 4 is 5.69 Å². The third kappa shape index (κ3) is 3.76. The molecule has 4 heteroatoms. The largest absolute Gasteiger partial charge is 0.388 e. The SMILES string of the molecule is CNc1cccc(CNCc2ccc(F)cc2F)c1. The molecule has 0 aliphatic carbocycles. The monoisotopic (exact) mass is 262 g/mol. The van der Waals surface area contributed by atoms with Gasteiger partial charge < -0.3 is 10.6 Å². The molecule has 0 bridgehead atoms. The summed E-state index contributed by atoms with van der Waals surface area (Å²) in [5.41, 5.74) is 2.60. The van der Waals surface area contributed by atoms with Crippen LogP contribution in [0.15, 0.2) is 42.5 Å². The smallest absolute Gasteiger partial charge is 0.130 e. The normalized spacial score (nSPS) is 10.5. The quantitative estimate of drug-likeness (QED) is 0.864. The number of hydrogen-bond acceptors (Lipinski definition) is 2. The summed E-state index contributed by atoms with van der Waals surface area (Å²) in [5, 5.41) is 6.20. The zero-order valence-electron chi connectivity index (χ0n) is 10.7. The van der Waals surface area contributed by atoms with Crippen molar-refractivity contribution in [3.8, 4) is 0 Å². The summed E-state index contributed by atoms with van der Waals surface area (Å²) < 4.78 is 26.2. The minimum atomic E-state index is -0.553. The Balaban J connectivity index is 1.92. The Morgan fingerprint density at radius 3 is 2.58 bits per heavy atom. The molecule has 2 rings (SSSR count). The Kier molecular flexibility index (Phi) is 4.47. The van der Waals surface area contributed by atoms with E-state index in [4.69, 9.17) is 0 Å². The van der Waals surface area contributed by atoms with E-state index in [-0.39, 0.29) is 0 Å². The lowest BCUT2D eigenvalue weighted by Crippen LogP contribution is -2.14. The van der Waals surface area contributed by atoms with Crippen molar-refractivity contribution in [1.82, 2.24) is 5.32 Å². The molecule has 0 aliphatic rings. The molecule has 0 unspecified atom stereocenters. The van der Waals surface area contributed by atoms with E-state index in [1.54, 1.807) is 0 Å². The Hall–Kier alpha value is -1.94. The van der Waals surface area contributed by atoms with Crippen LogP contribution in [-0.4, -0.2) is 7.05 Å². The van der Waals surface area contributed by atoms with Gasteiger partial charge in [0.15, 0.2) is 0 Å². The van der Waals surface area contributed by atoms with Gasteiger partial charge in [0.1, 0.15) is 11.6 Å². The van der Waals surface area contributed by atoms with Gasteiger partial charge in [0.25, 0.3) is 0 Å². The first kappa shape index (κ1) is 13.5. The molecule has 0 saturated heterocycles. The Morgan fingerprint density at radius 1 is 1.00 bits per heavy atom. The number of hydrogen-bond donors (Lipinski definition) is 2. The van der Waals surface area contributed by atoms with Crippen LogP contribution in [0.5, 0.6) is 0 Å². The van der Waals surface area contributed by atoms with Gasteiger partial charge in [-0.05, 0) is 23.8 Å². The molecule has 2 nitrogen and oxygen atoms in total. The molecule has 2 aromatic rings. The molecule has 0 spiro atoms. The minimum absolute atomic E-state index is 0.371. The third-order valence-electron chi connectivity index (χ3n) is 2.88. The highest BCUT2D eigenvalue weighted by Crippen LogP contribution is 2.11. The maximum atomic E-state index is 13.4. The summed E-state index contributed by atoms with van der Waals surface area (Å²) in [5.74, 6) is -1.07. The zero-order chi connectivity index (χ0) is 13.7. The average molecular weight is 262 g/mol. The molecule has 0 fully saturated rings. The number of nitrogens with one attached hydrogen (secondary N) is 2. The summed E-state index contributed by atoms with van der Waals surface area (Å²) in [4.78, 5) is 0. The first-order valence-corrected chi connectivity index (χ1v) is 6.10. The first-order chi connectivity index (χ1) is 9.19. The van der Waals surface area contributed by atoms with E-state index in [1.807, 2.05) is 31.3 Å². The molecule has 19 heavy (non-hydrogen) atoms. The van der Waals surface area contributed by atoms with E-state index in [2.05, 4.69) is 10.6 Å². The van der Waals surface area contributed by atoms with Gasteiger partial charge in [-0.25, -0.2) is 8.78 Å². The Morgan fingerprint density at radius 2 is 1.84 bits per heavy atom. The number of anilines is 1. The average Bonchev–Trinajstić information content (AvgIpc) is 2.41. The second kappa shape index (κ2) is 6.29.